The molecule has 1 N–H and O–H groups in total. The van der Waals surface area contributed by atoms with E-state index in [1.165, 1.54) is 36.2 Å². The summed E-state index contributed by atoms with van der Waals surface area (Å²) in [4.78, 5) is 0. The number of rotatable bonds is 3. The highest BCUT2D eigenvalue weighted by Crippen LogP contribution is 2.37. The fourth-order valence-electron chi connectivity index (χ4n) is 3.02. The van der Waals surface area contributed by atoms with Gasteiger partial charge in [-0.05, 0) is 49.8 Å². The van der Waals surface area contributed by atoms with Crippen molar-refractivity contribution in [2.24, 2.45) is 11.3 Å². The number of hydrogen-bond acceptors (Lipinski definition) is 1. The van der Waals surface area contributed by atoms with E-state index in [2.05, 4.69) is 52.1 Å². The Balaban J connectivity index is 2.30. The Morgan fingerprint density at radius 3 is 2.00 bits per heavy atom. The molecule has 1 aliphatic rings. The van der Waals surface area contributed by atoms with E-state index in [-0.39, 0.29) is 0 Å². The van der Waals surface area contributed by atoms with E-state index >= 15 is 0 Å². The van der Waals surface area contributed by atoms with Gasteiger partial charge in [0, 0.05) is 18.5 Å². The molecule has 0 unspecified atom stereocenters. The molecule has 0 atom stereocenters. The minimum Gasteiger partial charge on any atom is -0.315 e. The number of aryl methyl sites for hydroxylation is 3. The zero-order chi connectivity index (χ0) is 12.6. The molecular weight excluding hydrogens is 206 g/mol. The van der Waals surface area contributed by atoms with Gasteiger partial charge in [-0.3, -0.25) is 0 Å². The summed E-state index contributed by atoms with van der Waals surface area (Å²) in [6.45, 7) is 13.8. The average Bonchev–Trinajstić information content (AvgIpc) is 2.13. The molecule has 0 aromatic heterocycles. The summed E-state index contributed by atoms with van der Waals surface area (Å²) in [5.41, 5.74) is 6.38. The van der Waals surface area contributed by atoms with Crippen molar-refractivity contribution in [3.8, 4) is 0 Å². The smallest absolute Gasteiger partial charge is 0.00259 e. The summed E-state index contributed by atoms with van der Waals surface area (Å²) >= 11 is 0. The molecule has 1 aliphatic heterocycles. The van der Waals surface area contributed by atoms with Crippen LogP contribution in [0.3, 0.4) is 0 Å². The van der Waals surface area contributed by atoms with E-state index in [1.54, 1.807) is 5.56 Å². The molecule has 0 spiro atoms. The maximum Gasteiger partial charge on any atom is 0.00259 e. The molecule has 1 aromatic rings. The molecule has 1 nitrogen and oxygen atoms in total. The first-order valence-electron chi connectivity index (χ1n) is 6.72. The predicted octanol–water partition coefficient (Wildman–Crippen LogP) is 3.40. The summed E-state index contributed by atoms with van der Waals surface area (Å²) in [7, 11) is 0. The second-order valence-electron chi connectivity index (χ2n) is 6.17. The van der Waals surface area contributed by atoms with Gasteiger partial charge in [-0.1, -0.05) is 31.5 Å². The molecule has 0 saturated carbocycles. The summed E-state index contributed by atoms with van der Waals surface area (Å²) in [6, 6.07) is 4.64. The minimum atomic E-state index is 0.491. The Hall–Kier alpha value is -0.820. The molecule has 1 heteroatoms. The van der Waals surface area contributed by atoms with Crippen molar-refractivity contribution in [2.75, 3.05) is 13.1 Å². The number of nitrogens with one attached hydrogen (secondary N) is 1. The minimum absolute atomic E-state index is 0.491. The second-order valence-corrected chi connectivity index (χ2v) is 6.17. The molecule has 2 rings (SSSR count). The Bertz CT molecular complexity index is 391. The van der Waals surface area contributed by atoms with Crippen molar-refractivity contribution in [3.05, 3.63) is 34.4 Å². The van der Waals surface area contributed by atoms with E-state index < -0.39 is 0 Å². The van der Waals surface area contributed by atoms with Crippen LogP contribution in [-0.4, -0.2) is 13.1 Å². The van der Waals surface area contributed by atoms with E-state index in [4.69, 9.17) is 0 Å². The van der Waals surface area contributed by atoms with Crippen molar-refractivity contribution < 1.29 is 0 Å². The zero-order valence-electron chi connectivity index (χ0n) is 11.9. The third-order valence-corrected chi connectivity index (χ3v) is 4.55. The second kappa shape index (κ2) is 4.45. The maximum atomic E-state index is 3.45. The van der Waals surface area contributed by atoms with Crippen LogP contribution in [-0.2, 0) is 6.42 Å². The standard InChI is InChI=1S/C16H25N/c1-11(2)16(9-17-10-16)8-15-13(4)6-12(3)7-14(15)5/h6-7,11,17H,8-10H2,1-5H3. The molecule has 17 heavy (non-hydrogen) atoms. The van der Waals surface area contributed by atoms with Crippen molar-refractivity contribution >= 4 is 0 Å². The lowest BCUT2D eigenvalue weighted by atomic mass is 9.67. The predicted molar refractivity (Wildman–Crippen MR) is 74.5 cm³/mol. The van der Waals surface area contributed by atoms with Crippen LogP contribution in [0.25, 0.3) is 0 Å². The van der Waals surface area contributed by atoms with Gasteiger partial charge < -0.3 is 5.32 Å². The molecule has 94 valence electrons. The monoisotopic (exact) mass is 231 g/mol. The third kappa shape index (κ3) is 2.26. The van der Waals surface area contributed by atoms with E-state index in [0.29, 0.717) is 5.41 Å². The number of hydrogen-bond donors (Lipinski definition) is 1. The molecule has 0 aliphatic carbocycles. The average molecular weight is 231 g/mol. The van der Waals surface area contributed by atoms with Gasteiger partial charge in [0.2, 0.25) is 0 Å². The van der Waals surface area contributed by atoms with Crippen LogP contribution in [0.4, 0.5) is 0 Å². The van der Waals surface area contributed by atoms with E-state index in [9.17, 15) is 0 Å². The normalized spacial score (nSPS) is 18.2. The van der Waals surface area contributed by atoms with Crippen LogP contribution in [0.15, 0.2) is 12.1 Å². The van der Waals surface area contributed by atoms with Crippen molar-refractivity contribution in [2.45, 2.75) is 41.0 Å². The first-order valence-corrected chi connectivity index (χ1v) is 6.72. The fraction of sp³-hybridized carbons (Fsp3) is 0.625. The fourth-order valence-corrected chi connectivity index (χ4v) is 3.02. The maximum absolute atomic E-state index is 3.45. The van der Waals surface area contributed by atoms with Crippen molar-refractivity contribution in [1.29, 1.82) is 0 Å². The molecule has 1 aromatic carbocycles. The number of benzene rings is 1. The van der Waals surface area contributed by atoms with Crippen LogP contribution in [0.5, 0.6) is 0 Å². The molecular formula is C16H25N. The van der Waals surface area contributed by atoms with Crippen LogP contribution < -0.4 is 5.32 Å². The van der Waals surface area contributed by atoms with Gasteiger partial charge in [0.15, 0.2) is 0 Å². The Kier molecular flexibility index (Phi) is 3.31. The lowest BCUT2D eigenvalue weighted by Gasteiger charge is -2.47. The lowest BCUT2D eigenvalue weighted by Crippen LogP contribution is -2.57. The molecule has 0 radical (unpaired) electrons. The molecule has 0 bridgehead atoms. The molecule has 1 fully saturated rings. The van der Waals surface area contributed by atoms with E-state index in [0.717, 1.165) is 5.92 Å². The highest BCUT2D eigenvalue weighted by atomic mass is 15.0. The molecule has 1 saturated heterocycles. The zero-order valence-corrected chi connectivity index (χ0v) is 11.9. The van der Waals surface area contributed by atoms with Gasteiger partial charge in [0.25, 0.3) is 0 Å². The van der Waals surface area contributed by atoms with Crippen LogP contribution in [0, 0.1) is 32.1 Å². The summed E-state index contributed by atoms with van der Waals surface area (Å²) < 4.78 is 0. The van der Waals surface area contributed by atoms with Gasteiger partial charge in [0.05, 0.1) is 0 Å². The molecule has 1 heterocycles. The first kappa shape index (κ1) is 12.6. The van der Waals surface area contributed by atoms with Gasteiger partial charge >= 0.3 is 0 Å². The van der Waals surface area contributed by atoms with Crippen molar-refractivity contribution in [1.82, 2.24) is 5.32 Å². The van der Waals surface area contributed by atoms with Crippen molar-refractivity contribution in [3.63, 3.8) is 0 Å². The molecule has 0 amide bonds. The Morgan fingerprint density at radius 1 is 1.12 bits per heavy atom. The summed E-state index contributed by atoms with van der Waals surface area (Å²) in [5, 5.41) is 3.45. The quantitative estimate of drug-likeness (QED) is 0.840. The van der Waals surface area contributed by atoms with Gasteiger partial charge in [-0.2, -0.15) is 0 Å². The Labute approximate surface area is 106 Å². The highest BCUT2D eigenvalue weighted by Gasteiger charge is 2.40. The SMILES string of the molecule is Cc1cc(C)c(CC2(C(C)C)CNC2)c(C)c1. The highest BCUT2D eigenvalue weighted by molar-refractivity contribution is 5.38. The first-order chi connectivity index (χ1) is 7.94. The van der Waals surface area contributed by atoms with Crippen LogP contribution in [0.2, 0.25) is 0 Å². The third-order valence-electron chi connectivity index (χ3n) is 4.55. The Morgan fingerprint density at radius 2 is 1.65 bits per heavy atom. The summed E-state index contributed by atoms with van der Waals surface area (Å²) in [6.07, 6.45) is 1.23. The van der Waals surface area contributed by atoms with Gasteiger partial charge in [-0.15, -0.1) is 0 Å². The largest absolute Gasteiger partial charge is 0.315 e. The van der Waals surface area contributed by atoms with E-state index in [1.807, 2.05) is 0 Å². The van der Waals surface area contributed by atoms with Crippen LogP contribution in [0.1, 0.15) is 36.1 Å². The topological polar surface area (TPSA) is 12.0 Å². The lowest BCUT2D eigenvalue weighted by molar-refractivity contribution is 0.0991. The summed E-state index contributed by atoms with van der Waals surface area (Å²) in [5.74, 6) is 0.754. The van der Waals surface area contributed by atoms with Crippen LogP contribution >= 0.6 is 0 Å². The van der Waals surface area contributed by atoms with Gasteiger partial charge in [-0.25, -0.2) is 0 Å². The van der Waals surface area contributed by atoms with Gasteiger partial charge in [0.1, 0.15) is 0 Å².